The summed E-state index contributed by atoms with van der Waals surface area (Å²) in [5, 5.41) is 9.87. The van der Waals surface area contributed by atoms with E-state index in [0.717, 1.165) is 0 Å². The Balaban J connectivity index is 2.66. The molecule has 3 N–H and O–H groups in total. The molecule has 1 aromatic rings. The minimum Gasteiger partial charge on any atom is -0.493 e. The molecular weight excluding hydrogens is 330 g/mol. The van der Waals surface area contributed by atoms with Gasteiger partial charge in [0.1, 0.15) is 18.3 Å². The number of halogens is 4. The highest BCUT2D eigenvalue weighted by Gasteiger charge is 2.24. The molecule has 0 fully saturated rings. The fourth-order valence-electron chi connectivity index (χ4n) is 1.84. The maximum Gasteiger partial charge on any atom is 0.203 e. The van der Waals surface area contributed by atoms with Gasteiger partial charge in [-0.15, -0.1) is 0 Å². The summed E-state index contributed by atoms with van der Waals surface area (Å²) in [5.41, 5.74) is 5.23. The normalized spacial score (nSPS) is 14.2. The van der Waals surface area contributed by atoms with Gasteiger partial charge in [0.25, 0.3) is 0 Å². The first-order valence-corrected chi connectivity index (χ1v) is 7.18. The summed E-state index contributed by atoms with van der Waals surface area (Å²) < 4.78 is 63.1. The van der Waals surface area contributed by atoms with E-state index >= 15 is 0 Å². The van der Waals surface area contributed by atoms with Gasteiger partial charge in [0.2, 0.25) is 11.6 Å². The van der Waals surface area contributed by atoms with Gasteiger partial charge in [0.05, 0.1) is 5.76 Å². The molecule has 4 nitrogen and oxygen atoms in total. The van der Waals surface area contributed by atoms with Crippen LogP contribution in [0.2, 0.25) is 0 Å². The van der Waals surface area contributed by atoms with Crippen molar-refractivity contribution in [3.63, 3.8) is 0 Å². The minimum absolute atomic E-state index is 0.0598. The average molecular weight is 351 g/mol. The molecule has 0 heterocycles. The molecular formula is C16H21F4NO3. The lowest BCUT2D eigenvalue weighted by molar-refractivity contribution is 0.0334. The van der Waals surface area contributed by atoms with Gasteiger partial charge in [-0.1, -0.05) is 6.58 Å². The molecule has 1 unspecified atom stereocenters. The predicted molar refractivity (Wildman–Crippen MR) is 80.3 cm³/mol. The average Bonchev–Trinajstić information content (AvgIpc) is 2.42. The topological polar surface area (TPSA) is 64.7 Å². The number of aliphatic hydroxyl groups excluding tert-OH is 1. The van der Waals surface area contributed by atoms with Crippen LogP contribution in [0.15, 0.2) is 18.4 Å². The van der Waals surface area contributed by atoms with Crippen molar-refractivity contribution in [3.8, 4) is 5.75 Å². The predicted octanol–water partition coefficient (Wildman–Crippen LogP) is 3.03. The van der Waals surface area contributed by atoms with Crippen molar-refractivity contribution in [1.29, 1.82) is 0 Å². The molecule has 136 valence electrons. The van der Waals surface area contributed by atoms with Gasteiger partial charge < -0.3 is 20.3 Å². The van der Waals surface area contributed by atoms with Gasteiger partial charge in [-0.3, -0.25) is 0 Å². The second-order valence-corrected chi connectivity index (χ2v) is 6.30. The zero-order chi connectivity index (χ0) is 18.7. The van der Waals surface area contributed by atoms with E-state index in [2.05, 4.69) is 11.3 Å². The second kappa shape index (κ2) is 7.85. The maximum absolute atomic E-state index is 13.4. The van der Waals surface area contributed by atoms with Crippen LogP contribution in [0.5, 0.6) is 5.75 Å². The zero-order valence-corrected chi connectivity index (χ0v) is 13.7. The van der Waals surface area contributed by atoms with Crippen LogP contribution in [0, 0.1) is 23.3 Å². The summed E-state index contributed by atoms with van der Waals surface area (Å²) in [6.45, 7) is 8.39. The first-order chi connectivity index (χ1) is 10.9. The molecule has 0 saturated heterocycles. The largest absolute Gasteiger partial charge is 0.493 e. The van der Waals surface area contributed by atoms with Crippen LogP contribution in [0.25, 0.3) is 0 Å². The first-order valence-electron chi connectivity index (χ1n) is 7.18. The summed E-state index contributed by atoms with van der Waals surface area (Å²) >= 11 is 0. The lowest BCUT2D eigenvalue weighted by Gasteiger charge is -2.26. The Kier molecular flexibility index (Phi) is 6.62. The summed E-state index contributed by atoms with van der Waals surface area (Å²) in [6, 6.07) is -0.850. The number of hydrogen-bond acceptors (Lipinski definition) is 4. The van der Waals surface area contributed by atoms with Crippen LogP contribution < -0.4 is 10.5 Å². The van der Waals surface area contributed by atoms with Crippen LogP contribution in [-0.2, 0) is 4.74 Å². The van der Waals surface area contributed by atoms with Gasteiger partial charge in [-0.25, -0.2) is 8.78 Å². The summed E-state index contributed by atoms with van der Waals surface area (Å²) in [7, 11) is 0. The number of hydrogen-bond donors (Lipinski definition) is 2. The van der Waals surface area contributed by atoms with Gasteiger partial charge in [-0.2, -0.15) is 8.78 Å². The van der Waals surface area contributed by atoms with E-state index in [9.17, 15) is 22.7 Å². The molecule has 0 aliphatic rings. The third-order valence-corrected chi connectivity index (χ3v) is 2.88. The Labute approximate surface area is 137 Å². The van der Waals surface area contributed by atoms with E-state index in [1.165, 1.54) is 0 Å². The van der Waals surface area contributed by atoms with Crippen LogP contribution in [0.4, 0.5) is 17.6 Å². The molecule has 8 heteroatoms. The third-order valence-electron chi connectivity index (χ3n) is 2.88. The standard InChI is InChI=1S/C16H21F4NO3/c1-8(24-16(2,3)4)5-11(21)12(22)7-23-15-13(19)9(17)6-10(18)14(15)20/h6,11-12,22H,1,5,7,21H2,2-4H3/t11-,12?/m0/s1. The molecule has 0 spiro atoms. The van der Waals surface area contributed by atoms with E-state index in [-0.39, 0.29) is 12.5 Å². The highest BCUT2D eigenvalue weighted by Crippen LogP contribution is 2.26. The monoisotopic (exact) mass is 351 g/mol. The smallest absolute Gasteiger partial charge is 0.203 e. The number of rotatable bonds is 7. The Morgan fingerprint density at radius 1 is 1.21 bits per heavy atom. The number of nitrogens with two attached hydrogens (primary N) is 1. The Morgan fingerprint density at radius 2 is 1.71 bits per heavy atom. The lowest BCUT2D eigenvalue weighted by atomic mass is 10.1. The van der Waals surface area contributed by atoms with Crippen molar-refractivity contribution >= 4 is 0 Å². The quantitative estimate of drug-likeness (QED) is 0.450. The number of aliphatic hydroxyl groups is 1. The van der Waals surface area contributed by atoms with Gasteiger partial charge >= 0.3 is 0 Å². The molecule has 0 bridgehead atoms. The minimum atomic E-state index is -1.69. The Morgan fingerprint density at radius 3 is 2.17 bits per heavy atom. The number of ether oxygens (including phenoxy) is 2. The van der Waals surface area contributed by atoms with Crippen molar-refractivity contribution in [2.45, 2.75) is 44.9 Å². The highest BCUT2D eigenvalue weighted by atomic mass is 19.2. The third kappa shape index (κ3) is 5.68. The molecule has 2 atom stereocenters. The first kappa shape index (κ1) is 20.2. The van der Waals surface area contributed by atoms with E-state index in [4.69, 9.17) is 10.5 Å². The molecule has 0 saturated carbocycles. The molecule has 0 amide bonds. The summed E-state index contributed by atoms with van der Waals surface area (Å²) in [6.07, 6.45) is -1.31. The molecule has 0 aromatic heterocycles. The van der Waals surface area contributed by atoms with Crippen molar-refractivity contribution < 1.29 is 32.1 Å². The van der Waals surface area contributed by atoms with E-state index < -0.39 is 53.4 Å². The maximum atomic E-state index is 13.4. The number of benzene rings is 1. The summed E-state index contributed by atoms with van der Waals surface area (Å²) in [5.74, 6) is -7.51. The molecule has 1 aromatic carbocycles. The highest BCUT2D eigenvalue weighted by molar-refractivity contribution is 5.28. The zero-order valence-electron chi connectivity index (χ0n) is 13.7. The van der Waals surface area contributed by atoms with Crippen LogP contribution in [-0.4, -0.2) is 29.5 Å². The molecule has 0 aliphatic heterocycles. The fourth-order valence-corrected chi connectivity index (χ4v) is 1.84. The van der Waals surface area contributed by atoms with Crippen molar-refractivity contribution in [2.75, 3.05) is 6.61 Å². The van der Waals surface area contributed by atoms with E-state index in [0.29, 0.717) is 5.76 Å². The van der Waals surface area contributed by atoms with Crippen molar-refractivity contribution in [1.82, 2.24) is 0 Å². The van der Waals surface area contributed by atoms with Crippen molar-refractivity contribution in [2.24, 2.45) is 5.73 Å². The van der Waals surface area contributed by atoms with E-state index in [1.54, 1.807) is 20.8 Å². The SMILES string of the molecule is C=C(C[C@H](N)C(O)COc1c(F)c(F)cc(F)c1F)OC(C)(C)C. The molecule has 0 radical (unpaired) electrons. The molecule has 0 aliphatic carbocycles. The lowest BCUT2D eigenvalue weighted by Crippen LogP contribution is -2.39. The molecule has 1 rings (SSSR count). The van der Waals surface area contributed by atoms with E-state index in [1.807, 2.05) is 0 Å². The van der Waals surface area contributed by atoms with Crippen LogP contribution in [0.1, 0.15) is 27.2 Å². The van der Waals surface area contributed by atoms with Gasteiger partial charge in [-0.05, 0) is 20.8 Å². The van der Waals surface area contributed by atoms with Gasteiger partial charge in [0, 0.05) is 18.5 Å². The Bertz CT molecular complexity index is 576. The molecule has 24 heavy (non-hydrogen) atoms. The fraction of sp³-hybridized carbons (Fsp3) is 0.500. The van der Waals surface area contributed by atoms with Crippen LogP contribution >= 0.6 is 0 Å². The van der Waals surface area contributed by atoms with Gasteiger partial charge in [0.15, 0.2) is 17.4 Å². The van der Waals surface area contributed by atoms with Crippen molar-refractivity contribution in [3.05, 3.63) is 41.7 Å². The Hall–Kier alpha value is -1.80. The summed E-state index contributed by atoms with van der Waals surface area (Å²) in [4.78, 5) is 0. The van der Waals surface area contributed by atoms with Crippen LogP contribution in [0.3, 0.4) is 0 Å². The second-order valence-electron chi connectivity index (χ2n) is 6.30.